The fourth-order valence-electron chi connectivity index (χ4n) is 3.27. The van der Waals surface area contributed by atoms with Gasteiger partial charge in [-0.2, -0.15) is 0 Å². The maximum atomic E-state index is 12.4. The number of benzene rings is 1. The number of phenolic OH excluding ortho intramolecular Hbond substituents is 1. The number of nitrogens with one attached hydrogen (secondary N) is 2. The molecule has 0 aromatic heterocycles. The second-order valence-electron chi connectivity index (χ2n) is 6.94. The van der Waals surface area contributed by atoms with Crippen LogP contribution in [0, 0.1) is 16.7 Å². The van der Waals surface area contributed by atoms with Gasteiger partial charge in [-0.25, -0.2) is 0 Å². The molecule has 2 rings (SSSR count). The lowest BCUT2D eigenvalue weighted by Crippen LogP contribution is -2.49. The molecule has 0 heterocycles. The Hall–Kier alpha value is -2.57. The van der Waals surface area contributed by atoms with Gasteiger partial charge in [-0.1, -0.05) is 19.9 Å². The van der Waals surface area contributed by atoms with E-state index in [1.807, 2.05) is 0 Å². The largest absolute Gasteiger partial charge is 0.508 e. The van der Waals surface area contributed by atoms with E-state index in [0.29, 0.717) is 12.8 Å². The Morgan fingerprint density at radius 3 is 2.38 bits per heavy atom. The molecular formula is C17H22N2O5. The van der Waals surface area contributed by atoms with Gasteiger partial charge in [0.1, 0.15) is 5.75 Å². The van der Waals surface area contributed by atoms with Crippen LogP contribution in [0.15, 0.2) is 24.3 Å². The van der Waals surface area contributed by atoms with Crippen LogP contribution in [0.2, 0.25) is 0 Å². The molecule has 2 atom stereocenters. The number of hydrazine groups is 1. The van der Waals surface area contributed by atoms with E-state index in [9.17, 15) is 24.6 Å². The number of carboxylic acids is 1. The second-order valence-corrected chi connectivity index (χ2v) is 6.94. The van der Waals surface area contributed by atoms with Gasteiger partial charge in [0.2, 0.25) is 5.91 Å². The molecule has 24 heavy (non-hydrogen) atoms. The van der Waals surface area contributed by atoms with Crippen LogP contribution in [-0.4, -0.2) is 28.0 Å². The Bertz CT molecular complexity index is 685. The first kappa shape index (κ1) is 17.8. The smallest absolute Gasteiger partial charge is 0.309 e. The van der Waals surface area contributed by atoms with Gasteiger partial charge >= 0.3 is 5.97 Å². The number of phenols is 1. The average molecular weight is 334 g/mol. The molecule has 1 fully saturated rings. The first-order valence-electron chi connectivity index (χ1n) is 7.72. The minimum atomic E-state index is -0.996. The van der Waals surface area contributed by atoms with Crippen LogP contribution in [0.25, 0.3) is 0 Å². The van der Waals surface area contributed by atoms with Crippen molar-refractivity contribution in [1.29, 1.82) is 0 Å². The number of hydrogen-bond acceptors (Lipinski definition) is 4. The third-order valence-corrected chi connectivity index (χ3v) is 5.42. The quantitative estimate of drug-likeness (QED) is 0.628. The monoisotopic (exact) mass is 334 g/mol. The lowest BCUT2D eigenvalue weighted by Gasteiger charge is -2.37. The number of carboxylic acid groups (broad SMARTS) is 1. The molecule has 1 saturated carbocycles. The summed E-state index contributed by atoms with van der Waals surface area (Å²) in [7, 11) is 0. The number of rotatable bonds is 3. The van der Waals surface area contributed by atoms with Crippen LogP contribution >= 0.6 is 0 Å². The summed E-state index contributed by atoms with van der Waals surface area (Å²) in [6, 6.07) is 5.73. The van der Waals surface area contributed by atoms with Crippen molar-refractivity contribution in [2.45, 2.75) is 33.6 Å². The molecule has 1 aliphatic rings. The van der Waals surface area contributed by atoms with Crippen LogP contribution in [0.4, 0.5) is 0 Å². The zero-order valence-corrected chi connectivity index (χ0v) is 13.9. The predicted octanol–water partition coefficient (Wildman–Crippen LogP) is 1.68. The number of hydrogen-bond donors (Lipinski definition) is 4. The topological polar surface area (TPSA) is 116 Å². The zero-order chi connectivity index (χ0) is 18.1. The van der Waals surface area contributed by atoms with Crippen molar-refractivity contribution < 1.29 is 24.6 Å². The number of aliphatic carboxylic acids is 1. The highest BCUT2D eigenvalue weighted by Gasteiger charge is 2.58. The lowest BCUT2D eigenvalue weighted by molar-refractivity contribution is -0.155. The molecule has 2 amide bonds. The summed E-state index contributed by atoms with van der Waals surface area (Å²) in [4.78, 5) is 36.0. The van der Waals surface area contributed by atoms with E-state index in [-0.39, 0.29) is 11.3 Å². The minimum absolute atomic E-state index is 0.0527. The van der Waals surface area contributed by atoms with E-state index in [1.54, 1.807) is 20.8 Å². The Labute approximate surface area is 140 Å². The van der Waals surface area contributed by atoms with Crippen molar-refractivity contribution in [2.24, 2.45) is 16.7 Å². The molecule has 0 saturated heterocycles. The molecule has 0 radical (unpaired) electrons. The number of carbonyl (C=O) groups excluding carboxylic acids is 2. The van der Waals surface area contributed by atoms with E-state index in [0.717, 1.165) is 0 Å². The second kappa shape index (κ2) is 6.14. The molecule has 0 unspecified atom stereocenters. The summed E-state index contributed by atoms with van der Waals surface area (Å²) in [5, 5.41) is 18.8. The summed E-state index contributed by atoms with van der Waals surface area (Å²) in [6.07, 6.45) is 0.831. The van der Waals surface area contributed by atoms with E-state index < -0.39 is 34.5 Å². The van der Waals surface area contributed by atoms with Gasteiger partial charge < -0.3 is 10.2 Å². The molecule has 7 nitrogen and oxygen atoms in total. The Morgan fingerprint density at radius 2 is 1.83 bits per heavy atom. The van der Waals surface area contributed by atoms with Crippen LogP contribution in [0.1, 0.15) is 44.0 Å². The van der Waals surface area contributed by atoms with Gasteiger partial charge in [0.15, 0.2) is 0 Å². The SMILES string of the molecule is CC1(C)[C@@H](C(=O)NNC(=O)c2cccc(O)c2)CC[C@]1(C)C(=O)O. The van der Waals surface area contributed by atoms with Crippen molar-refractivity contribution in [3.8, 4) is 5.75 Å². The Kier molecular flexibility index (Phi) is 4.55. The van der Waals surface area contributed by atoms with E-state index in [1.165, 1.54) is 24.3 Å². The third-order valence-electron chi connectivity index (χ3n) is 5.42. The Balaban J connectivity index is 2.03. The van der Waals surface area contributed by atoms with Crippen molar-refractivity contribution in [3.63, 3.8) is 0 Å². The standard InChI is InChI=1S/C17H22N2O5/c1-16(2)12(7-8-17(16,3)15(23)24)14(22)19-18-13(21)10-5-4-6-11(20)9-10/h4-6,9,12,20H,7-8H2,1-3H3,(H,18,21)(H,19,22)(H,23,24)/t12-,17-/m1/s1. The molecule has 0 spiro atoms. The molecule has 7 heteroatoms. The molecule has 0 aliphatic heterocycles. The van der Waals surface area contributed by atoms with Gasteiger partial charge in [0.25, 0.3) is 5.91 Å². The van der Waals surface area contributed by atoms with Gasteiger partial charge in [-0.3, -0.25) is 25.2 Å². The molecule has 4 N–H and O–H groups in total. The van der Waals surface area contributed by atoms with E-state index >= 15 is 0 Å². The van der Waals surface area contributed by atoms with Gasteiger partial charge in [-0.15, -0.1) is 0 Å². The van der Waals surface area contributed by atoms with E-state index in [2.05, 4.69) is 10.9 Å². The fraction of sp³-hybridized carbons (Fsp3) is 0.471. The third kappa shape index (κ3) is 2.93. The minimum Gasteiger partial charge on any atom is -0.508 e. The molecule has 130 valence electrons. The Morgan fingerprint density at radius 1 is 1.17 bits per heavy atom. The van der Waals surface area contributed by atoms with Gasteiger partial charge in [-0.05, 0) is 43.4 Å². The van der Waals surface area contributed by atoms with Gasteiger partial charge in [0, 0.05) is 11.5 Å². The van der Waals surface area contributed by atoms with Crippen molar-refractivity contribution in [2.75, 3.05) is 0 Å². The number of amides is 2. The number of aromatic hydroxyl groups is 1. The van der Waals surface area contributed by atoms with Gasteiger partial charge in [0.05, 0.1) is 5.41 Å². The maximum Gasteiger partial charge on any atom is 0.309 e. The summed E-state index contributed by atoms with van der Waals surface area (Å²) in [5.74, 6) is -2.48. The van der Waals surface area contributed by atoms with Crippen LogP contribution in [0.5, 0.6) is 5.75 Å². The highest BCUT2D eigenvalue weighted by atomic mass is 16.4. The lowest BCUT2D eigenvalue weighted by atomic mass is 9.65. The molecule has 1 aliphatic carbocycles. The van der Waals surface area contributed by atoms with Crippen LogP contribution in [0.3, 0.4) is 0 Å². The average Bonchev–Trinajstić information content (AvgIpc) is 2.76. The highest BCUT2D eigenvalue weighted by molar-refractivity contribution is 5.96. The molecule has 1 aromatic rings. The predicted molar refractivity (Wildman–Crippen MR) is 86.0 cm³/mol. The van der Waals surface area contributed by atoms with E-state index in [4.69, 9.17) is 0 Å². The first-order chi connectivity index (χ1) is 11.1. The fourth-order valence-corrected chi connectivity index (χ4v) is 3.27. The maximum absolute atomic E-state index is 12.4. The van der Waals surface area contributed by atoms with Crippen LogP contribution < -0.4 is 10.9 Å². The first-order valence-corrected chi connectivity index (χ1v) is 7.72. The molecule has 1 aromatic carbocycles. The summed E-state index contributed by atoms with van der Waals surface area (Å²) in [5.41, 5.74) is 3.12. The molecule has 0 bridgehead atoms. The van der Waals surface area contributed by atoms with Crippen molar-refractivity contribution in [3.05, 3.63) is 29.8 Å². The zero-order valence-electron chi connectivity index (χ0n) is 13.9. The van der Waals surface area contributed by atoms with Crippen molar-refractivity contribution >= 4 is 17.8 Å². The highest BCUT2D eigenvalue weighted by Crippen LogP contribution is 2.56. The van der Waals surface area contributed by atoms with Crippen molar-refractivity contribution in [1.82, 2.24) is 10.9 Å². The molecular weight excluding hydrogens is 312 g/mol. The summed E-state index contributed by atoms with van der Waals surface area (Å²) in [6.45, 7) is 5.17. The van der Waals surface area contributed by atoms with Crippen LogP contribution in [-0.2, 0) is 9.59 Å². The summed E-state index contributed by atoms with van der Waals surface area (Å²) >= 11 is 0. The number of carbonyl (C=O) groups is 3. The normalized spacial score (nSPS) is 25.0. The summed E-state index contributed by atoms with van der Waals surface area (Å²) < 4.78 is 0.